The molecule has 0 spiro atoms. The number of carboxylic acid groups (broad SMARTS) is 2. The van der Waals surface area contributed by atoms with Crippen molar-refractivity contribution >= 4 is 23.9 Å². The molecule has 9 heteroatoms. The molecule has 36 heavy (non-hydrogen) atoms. The molecule has 3 fully saturated rings. The Bertz CT molecular complexity index is 1010. The van der Waals surface area contributed by atoms with Gasteiger partial charge in [0.15, 0.2) is 6.23 Å². The maximum Gasteiger partial charge on any atom is 0.418 e. The van der Waals surface area contributed by atoms with Gasteiger partial charge in [-0.25, -0.2) is 9.69 Å². The van der Waals surface area contributed by atoms with Crippen LogP contribution in [0.1, 0.15) is 48.0 Å². The molecule has 3 aliphatic heterocycles. The number of piperidine rings is 3. The number of aliphatic carboxylic acids is 2. The summed E-state index contributed by atoms with van der Waals surface area (Å²) in [5, 5.41) is 15.8. The number of rotatable bonds is 8. The van der Waals surface area contributed by atoms with Gasteiger partial charge in [0.1, 0.15) is 0 Å². The van der Waals surface area contributed by atoms with Crippen molar-refractivity contribution in [3.8, 4) is 0 Å². The highest BCUT2D eigenvalue weighted by Crippen LogP contribution is 2.32. The zero-order valence-electron chi connectivity index (χ0n) is 20.1. The van der Waals surface area contributed by atoms with Crippen LogP contribution in [-0.4, -0.2) is 69.8 Å². The molecule has 1 atom stereocenters. The fraction of sp³-hybridized carbons (Fsp3) is 0.407. The lowest BCUT2D eigenvalue weighted by Crippen LogP contribution is -2.52. The Balaban J connectivity index is 0.000000392. The third kappa shape index (κ3) is 8.20. The monoisotopic (exact) mass is 496 g/mol. The van der Waals surface area contributed by atoms with Crippen LogP contribution in [0, 0.1) is 5.92 Å². The minimum absolute atomic E-state index is 0.206. The normalized spacial score (nSPS) is 19.9. The molecule has 192 valence electrons. The number of carbonyl (C=O) groups is 4. The van der Waals surface area contributed by atoms with E-state index in [4.69, 9.17) is 14.9 Å². The molecule has 0 aromatic heterocycles. The van der Waals surface area contributed by atoms with Crippen LogP contribution in [-0.2, 0) is 20.7 Å². The molecule has 3 aliphatic rings. The van der Waals surface area contributed by atoms with Gasteiger partial charge in [0.05, 0.1) is 12.8 Å². The van der Waals surface area contributed by atoms with Crippen molar-refractivity contribution in [2.75, 3.05) is 19.6 Å². The molecule has 2 amide bonds. The molecule has 2 N–H and O–H groups in total. The number of benzene rings is 2. The fourth-order valence-corrected chi connectivity index (χ4v) is 4.33. The summed E-state index contributed by atoms with van der Waals surface area (Å²) >= 11 is 0. The Kier molecular flexibility index (Phi) is 10.00. The Hall–Kier alpha value is -3.72. The van der Waals surface area contributed by atoms with Crippen LogP contribution in [0.4, 0.5) is 4.79 Å². The quantitative estimate of drug-likeness (QED) is 0.564. The van der Waals surface area contributed by atoms with Crippen molar-refractivity contribution in [2.45, 2.75) is 44.8 Å². The molecule has 0 aliphatic carbocycles. The van der Waals surface area contributed by atoms with Crippen molar-refractivity contribution in [3.63, 3.8) is 0 Å². The number of imide groups is 1. The molecule has 3 heterocycles. The van der Waals surface area contributed by atoms with Gasteiger partial charge in [-0.2, -0.15) is 0 Å². The number of hydrogen-bond donors (Lipinski definition) is 2. The third-order valence-electron chi connectivity index (χ3n) is 6.33. The molecule has 3 saturated heterocycles. The zero-order valence-corrected chi connectivity index (χ0v) is 20.1. The summed E-state index contributed by atoms with van der Waals surface area (Å²) in [6, 6.07) is 18.8. The van der Waals surface area contributed by atoms with Gasteiger partial charge in [-0.15, -0.1) is 0 Å². The molecule has 2 aromatic rings. The van der Waals surface area contributed by atoms with Crippen LogP contribution in [0.5, 0.6) is 0 Å². The van der Waals surface area contributed by atoms with Crippen molar-refractivity contribution in [2.24, 2.45) is 5.92 Å². The molecular formula is C27H32N2O7. The predicted octanol–water partition coefficient (Wildman–Crippen LogP) is 3.89. The first-order chi connectivity index (χ1) is 17.3. The van der Waals surface area contributed by atoms with E-state index in [0.29, 0.717) is 24.4 Å². The van der Waals surface area contributed by atoms with Crippen LogP contribution in [0.25, 0.3) is 0 Å². The third-order valence-corrected chi connectivity index (χ3v) is 6.33. The molecule has 2 bridgehead atoms. The zero-order chi connectivity index (χ0) is 25.9. The van der Waals surface area contributed by atoms with Gasteiger partial charge in [0.25, 0.3) is 5.91 Å². The second-order valence-corrected chi connectivity index (χ2v) is 8.90. The number of carbonyl (C=O) groups excluding carboxylic acids is 2. The molecule has 0 unspecified atom stereocenters. The average Bonchev–Trinajstić information content (AvgIpc) is 2.89. The van der Waals surface area contributed by atoms with Gasteiger partial charge >= 0.3 is 18.0 Å². The molecule has 0 saturated carbocycles. The van der Waals surface area contributed by atoms with E-state index >= 15 is 0 Å². The second-order valence-electron chi connectivity index (χ2n) is 8.90. The summed E-state index contributed by atoms with van der Waals surface area (Å²) in [7, 11) is 0. The van der Waals surface area contributed by atoms with Gasteiger partial charge < -0.3 is 14.9 Å². The average molecular weight is 497 g/mol. The molecular weight excluding hydrogens is 464 g/mol. The first-order valence-corrected chi connectivity index (χ1v) is 12.1. The van der Waals surface area contributed by atoms with Crippen molar-refractivity contribution in [1.29, 1.82) is 0 Å². The highest BCUT2D eigenvalue weighted by atomic mass is 16.6. The Morgan fingerprint density at radius 3 is 1.92 bits per heavy atom. The molecule has 0 radical (unpaired) electrons. The Labute approximate surface area is 210 Å². The van der Waals surface area contributed by atoms with Gasteiger partial charge in [-0.3, -0.25) is 19.3 Å². The number of nitrogens with zero attached hydrogens (tertiary/aromatic N) is 2. The van der Waals surface area contributed by atoms with E-state index in [0.717, 1.165) is 25.1 Å². The van der Waals surface area contributed by atoms with Crippen LogP contribution in [0.15, 0.2) is 60.7 Å². The number of ether oxygens (including phenoxy) is 1. The Morgan fingerprint density at radius 2 is 1.42 bits per heavy atom. The van der Waals surface area contributed by atoms with Crippen molar-refractivity contribution < 1.29 is 34.1 Å². The summed E-state index contributed by atoms with van der Waals surface area (Å²) in [5.74, 6) is -1.83. The van der Waals surface area contributed by atoms with E-state index in [-0.39, 0.29) is 25.0 Å². The van der Waals surface area contributed by atoms with Gasteiger partial charge in [0.2, 0.25) is 0 Å². The van der Waals surface area contributed by atoms with E-state index < -0.39 is 18.0 Å². The Morgan fingerprint density at radius 1 is 0.861 bits per heavy atom. The van der Waals surface area contributed by atoms with Crippen LogP contribution >= 0.6 is 0 Å². The molecule has 2 aromatic carbocycles. The summed E-state index contributed by atoms with van der Waals surface area (Å²) in [5.41, 5.74) is 1.58. The number of amides is 2. The number of fused-ring (bicyclic) bond motifs is 3. The summed E-state index contributed by atoms with van der Waals surface area (Å²) in [6.07, 6.45) is 2.49. The summed E-state index contributed by atoms with van der Waals surface area (Å²) in [6.45, 7) is 2.24. The highest BCUT2D eigenvalue weighted by Gasteiger charge is 2.37. The van der Waals surface area contributed by atoms with E-state index in [1.54, 1.807) is 24.3 Å². The number of carboxylic acids is 2. The second kappa shape index (κ2) is 13.4. The van der Waals surface area contributed by atoms with E-state index in [1.807, 2.05) is 36.4 Å². The van der Waals surface area contributed by atoms with E-state index in [9.17, 15) is 19.2 Å². The van der Waals surface area contributed by atoms with Crippen LogP contribution in [0.2, 0.25) is 0 Å². The lowest BCUT2D eigenvalue weighted by atomic mass is 9.87. The maximum atomic E-state index is 13.0. The largest absolute Gasteiger partial charge is 0.481 e. The van der Waals surface area contributed by atoms with E-state index in [2.05, 4.69) is 4.90 Å². The van der Waals surface area contributed by atoms with Crippen LogP contribution < -0.4 is 0 Å². The predicted molar refractivity (Wildman–Crippen MR) is 131 cm³/mol. The van der Waals surface area contributed by atoms with Gasteiger partial charge in [-0.1, -0.05) is 48.5 Å². The standard InChI is InChI=1S/C23H26N2O3.C4H6O4/c26-22(20-9-5-2-6-10-20)25(16-13-18-7-3-1-4-8-18)23(27)28-21-17-19-11-14-24(21)15-12-19;5-3(6)1-2-4(7)8/h1-10,19,21H,11-17H2;1-2H2,(H,5,6)(H,7,8)/t21-;/m0./s1. The lowest BCUT2D eigenvalue weighted by molar-refractivity contribution is -0.143. The SMILES string of the molecule is O=C(O)CCC(=O)O.O=C(O[C@H]1CC2CCN1CC2)N(CCc1ccccc1)C(=O)c1ccccc1. The highest BCUT2D eigenvalue weighted by molar-refractivity contribution is 6.02. The van der Waals surface area contributed by atoms with Crippen LogP contribution in [0.3, 0.4) is 0 Å². The first-order valence-electron chi connectivity index (χ1n) is 12.1. The minimum Gasteiger partial charge on any atom is -0.481 e. The fourth-order valence-electron chi connectivity index (χ4n) is 4.33. The lowest BCUT2D eigenvalue weighted by Gasteiger charge is -2.44. The van der Waals surface area contributed by atoms with Gasteiger partial charge in [0, 0.05) is 31.6 Å². The summed E-state index contributed by atoms with van der Waals surface area (Å²) < 4.78 is 5.81. The minimum atomic E-state index is -1.08. The smallest absolute Gasteiger partial charge is 0.418 e. The summed E-state index contributed by atoms with van der Waals surface area (Å²) in [4.78, 5) is 48.8. The van der Waals surface area contributed by atoms with Crippen molar-refractivity contribution in [1.82, 2.24) is 9.80 Å². The molecule has 9 nitrogen and oxygen atoms in total. The van der Waals surface area contributed by atoms with E-state index in [1.165, 1.54) is 17.7 Å². The first kappa shape index (κ1) is 26.9. The maximum absolute atomic E-state index is 13.0. The molecule has 5 rings (SSSR count). The van der Waals surface area contributed by atoms with Gasteiger partial charge in [-0.05, 0) is 42.9 Å². The number of hydrogen-bond acceptors (Lipinski definition) is 6. The topological polar surface area (TPSA) is 124 Å². The van der Waals surface area contributed by atoms with Crippen molar-refractivity contribution in [3.05, 3.63) is 71.8 Å².